The van der Waals surface area contributed by atoms with E-state index in [1.54, 1.807) is 6.92 Å². The fourth-order valence-corrected chi connectivity index (χ4v) is 3.04. The molecule has 1 fully saturated rings. The fraction of sp³-hybridized carbons (Fsp3) is 0.615. The summed E-state index contributed by atoms with van der Waals surface area (Å²) in [5.74, 6) is -2.17. The van der Waals surface area contributed by atoms with Crippen LogP contribution in [0.4, 0.5) is 4.79 Å². The van der Waals surface area contributed by atoms with Gasteiger partial charge in [-0.05, 0) is 25.8 Å². The van der Waals surface area contributed by atoms with Gasteiger partial charge in [0.15, 0.2) is 0 Å². The quantitative estimate of drug-likeness (QED) is 0.453. The number of β-lactam (4-membered cyclic amide) rings is 1. The van der Waals surface area contributed by atoms with Gasteiger partial charge in [-0.3, -0.25) is 4.79 Å². The molecule has 2 aliphatic rings. The van der Waals surface area contributed by atoms with E-state index in [0.29, 0.717) is 12.0 Å². The summed E-state index contributed by atoms with van der Waals surface area (Å²) in [6.07, 6.45) is -1.42. The third-order valence-corrected chi connectivity index (χ3v) is 4.10. The first-order valence-corrected chi connectivity index (χ1v) is 7.82. The molecule has 2 aliphatic heterocycles. The molecule has 23 heavy (non-hydrogen) atoms. The minimum absolute atomic E-state index is 0.00206. The molecule has 0 radical (unpaired) electrons. The van der Waals surface area contributed by atoms with Crippen LogP contribution in [0.2, 0.25) is 0 Å². The Bertz CT molecular complexity index is 585. The Labute approximate surface area is 147 Å². The zero-order valence-corrected chi connectivity index (χ0v) is 14.5. The summed E-state index contributed by atoms with van der Waals surface area (Å²) in [5, 5.41) is 9.15. The Hall–Kier alpha value is -1.18. The van der Waals surface area contributed by atoms with Crippen LogP contribution in [-0.2, 0) is 19.1 Å². The molecule has 0 aromatic heterocycles. The molecular formula is C13H14Cl3NO6. The Morgan fingerprint density at radius 2 is 2.04 bits per heavy atom. The highest BCUT2D eigenvalue weighted by Crippen LogP contribution is 2.44. The number of rotatable bonds is 4. The van der Waals surface area contributed by atoms with Crippen molar-refractivity contribution in [3.05, 3.63) is 11.3 Å². The predicted molar refractivity (Wildman–Crippen MR) is 81.3 cm³/mol. The highest BCUT2D eigenvalue weighted by molar-refractivity contribution is 6.67. The molecular weight excluding hydrogens is 373 g/mol. The zero-order valence-electron chi connectivity index (χ0n) is 12.2. The maximum Gasteiger partial charge on any atom is 0.508 e. The maximum absolute atomic E-state index is 12.2. The molecule has 7 nitrogen and oxygen atoms in total. The molecule has 0 aliphatic carbocycles. The molecule has 10 heteroatoms. The molecule has 2 heterocycles. The highest BCUT2D eigenvalue weighted by Gasteiger charge is 2.57. The van der Waals surface area contributed by atoms with Gasteiger partial charge in [0.25, 0.3) is 0 Å². The Balaban J connectivity index is 1.94. The van der Waals surface area contributed by atoms with Crippen molar-refractivity contribution in [3.8, 4) is 0 Å². The number of nitrogens with zero attached hydrogens (tertiary/aromatic N) is 1. The lowest BCUT2D eigenvalue weighted by atomic mass is 9.83. The molecule has 2 rings (SSSR count). The van der Waals surface area contributed by atoms with Crippen LogP contribution in [0.5, 0.6) is 0 Å². The van der Waals surface area contributed by atoms with Crippen molar-refractivity contribution in [1.82, 2.24) is 4.90 Å². The van der Waals surface area contributed by atoms with Crippen LogP contribution >= 0.6 is 34.8 Å². The Morgan fingerprint density at radius 1 is 1.43 bits per heavy atom. The topological polar surface area (TPSA) is 93.1 Å². The number of amides is 1. The summed E-state index contributed by atoms with van der Waals surface area (Å²) in [6, 6.07) is -0.329. The van der Waals surface area contributed by atoms with Crippen molar-refractivity contribution in [2.75, 3.05) is 6.61 Å². The van der Waals surface area contributed by atoms with Crippen LogP contribution in [0.15, 0.2) is 11.3 Å². The second-order valence-electron chi connectivity index (χ2n) is 5.42. The van der Waals surface area contributed by atoms with Crippen molar-refractivity contribution < 1.29 is 29.0 Å². The number of aliphatic carboxylic acids is 1. The standard InChI is InChI=1S/C13H14Cl3NO6/c1-5-3-7-8(10(18)17(7)9(5)11(19)20)6(2)23-12(21)22-4-13(14,15)16/h6-8H,3-4H2,1-2H3,(H,19,20)/t6?,7-,8-/m1/s1. The second kappa shape index (κ2) is 6.37. The van der Waals surface area contributed by atoms with Gasteiger partial charge in [-0.1, -0.05) is 34.8 Å². The summed E-state index contributed by atoms with van der Waals surface area (Å²) in [7, 11) is 0. The van der Waals surface area contributed by atoms with Gasteiger partial charge in [-0.25, -0.2) is 9.59 Å². The number of carboxylic acid groups (broad SMARTS) is 1. The first kappa shape index (κ1) is 18.2. The van der Waals surface area contributed by atoms with E-state index in [1.165, 1.54) is 11.8 Å². The van der Waals surface area contributed by atoms with Gasteiger partial charge in [0, 0.05) is 0 Å². The van der Waals surface area contributed by atoms with E-state index >= 15 is 0 Å². The SMILES string of the molecule is CC1=C(C(=O)O)N2C(=O)[C@H](C(C)OC(=O)OCC(Cl)(Cl)Cl)[C@H]2C1. The first-order valence-electron chi connectivity index (χ1n) is 6.69. The highest BCUT2D eigenvalue weighted by atomic mass is 35.6. The molecule has 0 aromatic carbocycles. The Morgan fingerprint density at radius 3 is 2.57 bits per heavy atom. The lowest BCUT2D eigenvalue weighted by molar-refractivity contribution is -0.162. The molecule has 0 spiro atoms. The van der Waals surface area contributed by atoms with Gasteiger partial charge in [0.2, 0.25) is 9.70 Å². The summed E-state index contributed by atoms with van der Waals surface area (Å²) in [5.41, 5.74) is 0.617. The molecule has 1 saturated heterocycles. The number of carbonyl (C=O) groups is 3. The minimum Gasteiger partial charge on any atom is -0.477 e. The average molecular weight is 387 g/mol. The molecule has 128 valence electrons. The van der Waals surface area contributed by atoms with Crippen LogP contribution in [0, 0.1) is 5.92 Å². The number of alkyl halides is 3. The zero-order chi connectivity index (χ0) is 17.5. The third kappa shape index (κ3) is 3.67. The molecule has 1 unspecified atom stereocenters. The van der Waals surface area contributed by atoms with Crippen LogP contribution in [-0.4, -0.2) is 50.6 Å². The van der Waals surface area contributed by atoms with Crippen molar-refractivity contribution in [1.29, 1.82) is 0 Å². The average Bonchev–Trinajstić information content (AvgIpc) is 2.69. The minimum atomic E-state index is -1.76. The summed E-state index contributed by atoms with van der Waals surface area (Å²) in [6.45, 7) is 2.71. The van der Waals surface area contributed by atoms with Gasteiger partial charge >= 0.3 is 12.1 Å². The first-order chi connectivity index (χ1) is 10.5. The largest absolute Gasteiger partial charge is 0.508 e. The van der Waals surface area contributed by atoms with E-state index in [2.05, 4.69) is 4.74 Å². The number of hydrogen-bond donors (Lipinski definition) is 1. The van der Waals surface area contributed by atoms with Crippen molar-refractivity contribution in [2.45, 2.75) is 36.2 Å². The van der Waals surface area contributed by atoms with Crippen molar-refractivity contribution in [3.63, 3.8) is 0 Å². The van der Waals surface area contributed by atoms with Crippen LogP contribution < -0.4 is 0 Å². The van der Waals surface area contributed by atoms with E-state index in [1.807, 2.05) is 0 Å². The van der Waals surface area contributed by atoms with Gasteiger partial charge in [0.05, 0.1) is 12.0 Å². The Kier molecular flexibility index (Phi) is 5.03. The van der Waals surface area contributed by atoms with E-state index in [-0.39, 0.29) is 11.7 Å². The molecule has 1 N–H and O–H groups in total. The molecule has 0 aromatic rings. The van der Waals surface area contributed by atoms with Gasteiger partial charge in [-0.2, -0.15) is 0 Å². The van der Waals surface area contributed by atoms with E-state index in [4.69, 9.17) is 44.6 Å². The van der Waals surface area contributed by atoms with E-state index < -0.39 is 40.5 Å². The molecule has 0 saturated carbocycles. The number of hydrogen-bond acceptors (Lipinski definition) is 5. The molecule has 1 amide bonds. The number of ether oxygens (including phenoxy) is 2. The smallest absolute Gasteiger partial charge is 0.477 e. The summed E-state index contributed by atoms with van der Waals surface area (Å²) in [4.78, 5) is 36.1. The number of halogens is 3. The number of carboxylic acids is 1. The van der Waals surface area contributed by atoms with Crippen LogP contribution in [0.3, 0.4) is 0 Å². The van der Waals surface area contributed by atoms with Gasteiger partial charge in [0.1, 0.15) is 18.4 Å². The van der Waals surface area contributed by atoms with Crippen LogP contribution in [0.1, 0.15) is 20.3 Å². The van der Waals surface area contributed by atoms with Gasteiger partial charge < -0.3 is 19.5 Å². The van der Waals surface area contributed by atoms with E-state index in [9.17, 15) is 14.4 Å². The second-order valence-corrected chi connectivity index (χ2v) is 7.93. The lowest BCUT2D eigenvalue weighted by Gasteiger charge is -2.45. The monoisotopic (exact) mass is 385 g/mol. The maximum atomic E-state index is 12.2. The third-order valence-electron chi connectivity index (χ3n) is 3.77. The normalized spacial score (nSPS) is 24.9. The number of carbonyl (C=O) groups excluding carboxylic acids is 2. The van der Waals surface area contributed by atoms with Crippen LogP contribution in [0.25, 0.3) is 0 Å². The van der Waals surface area contributed by atoms with Crippen molar-refractivity contribution >= 4 is 52.8 Å². The fourth-order valence-electron chi connectivity index (χ4n) is 2.88. The summed E-state index contributed by atoms with van der Waals surface area (Å²) < 4.78 is 7.89. The predicted octanol–water partition coefficient (Wildman–Crippen LogP) is 2.49. The van der Waals surface area contributed by atoms with Crippen molar-refractivity contribution in [2.24, 2.45) is 5.92 Å². The number of fused-ring (bicyclic) bond motifs is 1. The lowest BCUT2D eigenvalue weighted by Crippen LogP contribution is -2.62. The van der Waals surface area contributed by atoms with Gasteiger partial charge in [-0.15, -0.1) is 0 Å². The molecule has 0 bridgehead atoms. The van der Waals surface area contributed by atoms with E-state index in [0.717, 1.165) is 0 Å². The summed E-state index contributed by atoms with van der Waals surface area (Å²) >= 11 is 16.3. The molecule has 3 atom stereocenters.